The molecule has 0 aromatic heterocycles. The summed E-state index contributed by atoms with van der Waals surface area (Å²) in [6.07, 6.45) is -0.644. The maximum absolute atomic E-state index is 11.8. The molecule has 1 atom stereocenters. The lowest BCUT2D eigenvalue weighted by atomic mass is 10.4. The SMILES string of the molecule is NC(CC(=O)O)S(=O)(=O)c1cccc(Cl)c1. The van der Waals surface area contributed by atoms with E-state index in [2.05, 4.69) is 0 Å². The fourth-order valence-electron chi connectivity index (χ4n) is 1.10. The molecule has 16 heavy (non-hydrogen) atoms. The van der Waals surface area contributed by atoms with Crippen LogP contribution in [-0.2, 0) is 14.6 Å². The topological polar surface area (TPSA) is 97.5 Å². The quantitative estimate of drug-likeness (QED) is 0.840. The van der Waals surface area contributed by atoms with Gasteiger partial charge in [-0.1, -0.05) is 17.7 Å². The van der Waals surface area contributed by atoms with Gasteiger partial charge < -0.3 is 10.8 Å². The van der Waals surface area contributed by atoms with E-state index in [1.54, 1.807) is 0 Å². The number of carboxylic acids is 1. The maximum atomic E-state index is 11.8. The molecule has 1 unspecified atom stereocenters. The number of carboxylic acid groups (broad SMARTS) is 1. The number of aliphatic carboxylic acids is 1. The Balaban J connectivity index is 3.07. The predicted octanol–water partition coefficient (Wildman–Crippen LogP) is 0.873. The summed E-state index contributed by atoms with van der Waals surface area (Å²) in [7, 11) is -3.84. The molecule has 1 aromatic rings. The fraction of sp³-hybridized carbons (Fsp3) is 0.222. The van der Waals surface area contributed by atoms with Crippen molar-refractivity contribution >= 4 is 27.4 Å². The van der Waals surface area contributed by atoms with Crippen LogP contribution < -0.4 is 5.73 Å². The highest BCUT2D eigenvalue weighted by molar-refractivity contribution is 7.92. The van der Waals surface area contributed by atoms with Gasteiger partial charge >= 0.3 is 5.97 Å². The zero-order valence-corrected chi connectivity index (χ0v) is 9.70. The molecule has 1 rings (SSSR count). The molecule has 0 saturated carbocycles. The molecule has 3 N–H and O–H groups in total. The van der Waals surface area contributed by atoms with E-state index < -0.39 is 27.6 Å². The van der Waals surface area contributed by atoms with Crippen molar-refractivity contribution in [3.8, 4) is 0 Å². The number of rotatable bonds is 4. The Kier molecular flexibility index (Phi) is 3.90. The highest BCUT2D eigenvalue weighted by Gasteiger charge is 2.26. The Bertz CT molecular complexity index is 500. The van der Waals surface area contributed by atoms with Gasteiger partial charge in [-0.15, -0.1) is 0 Å². The van der Waals surface area contributed by atoms with E-state index in [1.807, 2.05) is 0 Å². The van der Waals surface area contributed by atoms with Crippen molar-refractivity contribution in [1.29, 1.82) is 0 Å². The number of sulfone groups is 1. The third-order valence-corrected chi connectivity index (χ3v) is 4.01. The monoisotopic (exact) mass is 263 g/mol. The second-order valence-electron chi connectivity index (χ2n) is 3.14. The Morgan fingerprint density at radius 3 is 2.62 bits per heavy atom. The van der Waals surface area contributed by atoms with Crippen LogP contribution in [0.25, 0.3) is 0 Å². The summed E-state index contributed by atoms with van der Waals surface area (Å²) >= 11 is 5.64. The van der Waals surface area contributed by atoms with Gasteiger partial charge in [0.25, 0.3) is 0 Å². The average Bonchev–Trinajstić information content (AvgIpc) is 2.16. The lowest BCUT2D eigenvalue weighted by Gasteiger charge is -2.10. The smallest absolute Gasteiger partial charge is 0.306 e. The summed E-state index contributed by atoms with van der Waals surface area (Å²) in [5.41, 5.74) is 5.32. The van der Waals surface area contributed by atoms with Gasteiger partial charge in [-0.2, -0.15) is 0 Å². The van der Waals surface area contributed by atoms with E-state index in [0.717, 1.165) is 0 Å². The largest absolute Gasteiger partial charge is 0.481 e. The highest BCUT2D eigenvalue weighted by Crippen LogP contribution is 2.19. The molecular formula is C9H10ClNO4S. The molecule has 0 saturated heterocycles. The number of hydrogen-bond donors (Lipinski definition) is 2. The van der Waals surface area contributed by atoms with Crippen LogP contribution in [0.1, 0.15) is 6.42 Å². The molecule has 0 aliphatic carbocycles. The van der Waals surface area contributed by atoms with E-state index in [4.69, 9.17) is 22.4 Å². The minimum absolute atomic E-state index is 0.0752. The van der Waals surface area contributed by atoms with Gasteiger partial charge in [0, 0.05) is 5.02 Å². The number of carbonyl (C=O) groups is 1. The molecule has 0 amide bonds. The summed E-state index contributed by atoms with van der Waals surface area (Å²) in [6.45, 7) is 0. The van der Waals surface area contributed by atoms with Gasteiger partial charge in [0.15, 0.2) is 9.84 Å². The molecule has 0 heterocycles. The standard InChI is InChI=1S/C9H10ClNO4S/c10-6-2-1-3-7(4-6)16(14,15)8(11)5-9(12)13/h1-4,8H,5,11H2,(H,12,13). The lowest BCUT2D eigenvalue weighted by molar-refractivity contribution is -0.137. The number of benzene rings is 1. The van der Waals surface area contributed by atoms with Gasteiger partial charge in [0.05, 0.1) is 11.3 Å². The van der Waals surface area contributed by atoms with Crippen molar-refractivity contribution < 1.29 is 18.3 Å². The van der Waals surface area contributed by atoms with Crippen LogP contribution in [0.4, 0.5) is 0 Å². The summed E-state index contributed by atoms with van der Waals surface area (Å²) < 4.78 is 23.5. The number of nitrogens with two attached hydrogens (primary N) is 1. The van der Waals surface area contributed by atoms with Gasteiger partial charge in [-0.05, 0) is 18.2 Å². The number of hydrogen-bond acceptors (Lipinski definition) is 4. The third-order valence-electron chi connectivity index (χ3n) is 1.90. The van der Waals surface area contributed by atoms with Crippen molar-refractivity contribution in [2.45, 2.75) is 16.7 Å². The van der Waals surface area contributed by atoms with Crippen molar-refractivity contribution in [2.75, 3.05) is 0 Å². The van der Waals surface area contributed by atoms with Crippen LogP contribution in [0.15, 0.2) is 29.2 Å². The molecular weight excluding hydrogens is 254 g/mol. The van der Waals surface area contributed by atoms with E-state index in [9.17, 15) is 13.2 Å². The van der Waals surface area contributed by atoms with E-state index in [1.165, 1.54) is 24.3 Å². The molecule has 0 bridgehead atoms. The van der Waals surface area contributed by atoms with Crippen molar-refractivity contribution in [1.82, 2.24) is 0 Å². The molecule has 0 radical (unpaired) electrons. The Morgan fingerprint density at radius 1 is 1.50 bits per heavy atom. The van der Waals surface area contributed by atoms with Crippen molar-refractivity contribution in [3.63, 3.8) is 0 Å². The molecule has 0 fully saturated rings. The zero-order chi connectivity index (χ0) is 12.3. The zero-order valence-electron chi connectivity index (χ0n) is 8.13. The summed E-state index contributed by atoms with van der Waals surface area (Å²) in [6, 6.07) is 5.54. The van der Waals surface area contributed by atoms with Crippen LogP contribution in [0, 0.1) is 0 Å². The molecule has 88 valence electrons. The van der Waals surface area contributed by atoms with Gasteiger partial charge in [0.1, 0.15) is 5.37 Å². The van der Waals surface area contributed by atoms with E-state index in [0.29, 0.717) is 0 Å². The minimum Gasteiger partial charge on any atom is -0.481 e. The fourth-order valence-corrected chi connectivity index (χ4v) is 2.63. The molecule has 5 nitrogen and oxygen atoms in total. The van der Waals surface area contributed by atoms with E-state index in [-0.39, 0.29) is 9.92 Å². The van der Waals surface area contributed by atoms with Crippen LogP contribution in [0.5, 0.6) is 0 Å². The van der Waals surface area contributed by atoms with Crippen molar-refractivity contribution in [3.05, 3.63) is 29.3 Å². The van der Waals surface area contributed by atoms with Crippen LogP contribution in [0.3, 0.4) is 0 Å². The Hall–Kier alpha value is -1.11. The van der Waals surface area contributed by atoms with Crippen molar-refractivity contribution in [2.24, 2.45) is 5.73 Å². The summed E-state index contributed by atoms with van der Waals surface area (Å²) in [5, 5.41) is 7.26. The minimum atomic E-state index is -3.84. The van der Waals surface area contributed by atoms with Gasteiger partial charge in [0.2, 0.25) is 0 Å². The molecule has 1 aromatic carbocycles. The third kappa shape index (κ3) is 2.94. The highest BCUT2D eigenvalue weighted by atomic mass is 35.5. The Labute approximate surface area is 97.8 Å². The first-order valence-corrected chi connectivity index (χ1v) is 6.23. The predicted molar refractivity (Wildman–Crippen MR) is 58.9 cm³/mol. The van der Waals surface area contributed by atoms with Crippen LogP contribution >= 0.6 is 11.6 Å². The van der Waals surface area contributed by atoms with Gasteiger partial charge in [-0.25, -0.2) is 8.42 Å². The van der Waals surface area contributed by atoms with E-state index >= 15 is 0 Å². The molecule has 7 heteroatoms. The first kappa shape index (κ1) is 13.0. The van der Waals surface area contributed by atoms with Crippen LogP contribution in [-0.4, -0.2) is 24.9 Å². The maximum Gasteiger partial charge on any atom is 0.306 e. The molecule has 0 aliphatic rings. The molecule has 0 spiro atoms. The van der Waals surface area contributed by atoms with Gasteiger partial charge in [-0.3, -0.25) is 4.79 Å². The Morgan fingerprint density at radius 2 is 2.12 bits per heavy atom. The lowest BCUT2D eigenvalue weighted by Crippen LogP contribution is -2.33. The first-order valence-electron chi connectivity index (χ1n) is 4.31. The first-order chi connectivity index (χ1) is 7.34. The normalized spacial score (nSPS) is 13.4. The molecule has 0 aliphatic heterocycles. The second kappa shape index (κ2) is 4.82. The van der Waals surface area contributed by atoms with Crippen LogP contribution in [0.2, 0.25) is 5.02 Å². The average molecular weight is 264 g/mol. The summed E-state index contributed by atoms with van der Waals surface area (Å²) in [4.78, 5) is 10.3. The second-order valence-corrected chi connectivity index (χ2v) is 5.74. The summed E-state index contributed by atoms with van der Waals surface area (Å²) in [5.74, 6) is -1.27. The number of halogens is 1.